The van der Waals surface area contributed by atoms with Gasteiger partial charge in [-0.15, -0.1) is 0 Å². The minimum atomic E-state index is -0.839. The Morgan fingerprint density at radius 3 is 2.97 bits per heavy atom. The molecule has 2 rings (SSSR count). The molecule has 160 valence electrons. The van der Waals surface area contributed by atoms with Gasteiger partial charge in [0, 0.05) is 23.1 Å². The number of H-pyrrole nitrogens is 1. The van der Waals surface area contributed by atoms with E-state index >= 15 is 0 Å². The number of nitrogens with two attached hydrogens (primary N) is 2. The molecule has 1 aliphatic rings. The van der Waals surface area contributed by atoms with Crippen LogP contribution in [-0.4, -0.2) is 46.9 Å². The molecule has 0 aromatic carbocycles. The van der Waals surface area contributed by atoms with Gasteiger partial charge in [-0.3, -0.25) is 19.2 Å². The first-order chi connectivity index (χ1) is 13.9. The molecule has 4 atom stereocenters. The number of ether oxygens (including phenoxy) is 1. The van der Waals surface area contributed by atoms with E-state index in [1.165, 1.54) is 10.8 Å². The second kappa shape index (κ2) is 10.7. The summed E-state index contributed by atoms with van der Waals surface area (Å²) in [4.78, 5) is 50.0. The Kier molecular flexibility index (Phi) is 8.36. The fourth-order valence-corrected chi connectivity index (χ4v) is 2.87. The first-order valence-electron chi connectivity index (χ1n) is 9.18. The summed E-state index contributed by atoms with van der Waals surface area (Å²) >= 11 is 0. The maximum atomic E-state index is 12.0. The fraction of sp³-hybridized carbons (Fsp3) is 0.688. The SMILES string of the molecule is Cc1cn([C@H]2C[C@H](N=[N+]=[N-])[C@@H](COOC(=O)[C@@H](N)CCCCN)O2)c(=O)[nH]c1=O. The molecular formula is C16H25N7O6. The van der Waals surface area contributed by atoms with Crippen molar-refractivity contribution >= 4 is 5.97 Å². The van der Waals surface area contributed by atoms with E-state index in [-0.39, 0.29) is 13.0 Å². The van der Waals surface area contributed by atoms with E-state index in [9.17, 15) is 14.4 Å². The summed E-state index contributed by atoms with van der Waals surface area (Å²) < 4.78 is 6.93. The molecule has 13 heteroatoms. The van der Waals surface area contributed by atoms with Crippen molar-refractivity contribution in [1.82, 2.24) is 9.55 Å². The van der Waals surface area contributed by atoms with Crippen LogP contribution in [0.3, 0.4) is 0 Å². The van der Waals surface area contributed by atoms with Crippen molar-refractivity contribution in [1.29, 1.82) is 0 Å². The maximum absolute atomic E-state index is 12.0. The normalized spacial score (nSPS) is 22.1. The Morgan fingerprint density at radius 1 is 1.52 bits per heavy atom. The van der Waals surface area contributed by atoms with Gasteiger partial charge in [-0.2, -0.15) is 4.89 Å². The lowest BCUT2D eigenvalue weighted by molar-refractivity contribution is -0.285. The molecule has 1 aromatic heterocycles. The van der Waals surface area contributed by atoms with E-state index in [2.05, 4.69) is 15.0 Å². The van der Waals surface area contributed by atoms with Gasteiger partial charge in [-0.25, -0.2) is 9.59 Å². The number of nitrogens with zero attached hydrogens (tertiary/aromatic N) is 4. The van der Waals surface area contributed by atoms with E-state index in [1.54, 1.807) is 6.92 Å². The zero-order valence-electron chi connectivity index (χ0n) is 16.0. The van der Waals surface area contributed by atoms with Crippen molar-refractivity contribution in [3.8, 4) is 0 Å². The number of carbonyl (C=O) groups is 1. The molecule has 0 spiro atoms. The lowest BCUT2D eigenvalue weighted by Gasteiger charge is -2.16. The highest BCUT2D eigenvalue weighted by Crippen LogP contribution is 2.30. The Labute approximate surface area is 165 Å². The summed E-state index contributed by atoms with van der Waals surface area (Å²) in [6, 6.07) is -1.50. The molecule has 0 radical (unpaired) electrons. The summed E-state index contributed by atoms with van der Waals surface area (Å²) in [5.74, 6) is -0.732. The molecule has 1 fully saturated rings. The average Bonchev–Trinajstić information content (AvgIpc) is 3.07. The van der Waals surface area contributed by atoms with E-state index in [0.29, 0.717) is 24.9 Å². The van der Waals surface area contributed by atoms with Crippen LogP contribution in [0.15, 0.2) is 20.9 Å². The maximum Gasteiger partial charge on any atom is 0.358 e. The Morgan fingerprint density at radius 2 is 2.28 bits per heavy atom. The number of aryl methyl sites for hydroxylation is 1. The third kappa shape index (κ3) is 6.14. The fourth-order valence-electron chi connectivity index (χ4n) is 2.87. The third-order valence-electron chi connectivity index (χ3n) is 4.51. The number of rotatable bonds is 10. The molecule has 1 aliphatic heterocycles. The number of aromatic nitrogens is 2. The molecule has 0 unspecified atom stereocenters. The molecule has 29 heavy (non-hydrogen) atoms. The van der Waals surface area contributed by atoms with Crippen molar-refractivity contribution in [2.75, 3.05) is 13.2 Å². The van der Waals surface area contributed by atoms with E-state index in [1.807, 2.05) is 0 Å². The second-order valence-electron chi connectivity index (χ2n) is 6.69. The zero-order valence-corrected chi connectivity index (χ0v) is 16.0. The molecule has 1 saturated heterocycles. The molecule has 13 nitrogen and oxygen atoms in total. The quantitative estimate of drug-likeness (QED) is 0.117. The molecule has 0 aliphatic carbocycles. The Bertz CT molecular complexity index is 862. The number of azide groups is 1. The number of hydrogen-bond donors (Lipinski definition) is 3. The summed E-state index contributed by atoms with van der Waals surface area (Å²) in [5.41, 5.74) is 19.0. The Hall–Kier alpha value is -2.70. The van der Waals surface area contributed by atoms with Crippen LogP contribution in [0.1, 0.15) is 37.5 Å². The largest absolute Gasteiger partial charge is 0.358 e. The lowest BCUT2D eigenvalue weighted by Crippen LogP contribution is -2.34. The van der Waals surface area contributed by atoms with Crippen LogP contribution in [0.4, 0.5) is 0 Å². The molecule has 5 N–H and O–H groups in total. The lowest BCUT2D eigenvalue weighted by atomic mass is 10.1. The monoisotopic (exact) mass is 411 g/mol. The first kappa shape index (κ1) is 22.6. The number of aromatic amines is 1. The van der Waals surface area contributed by atoms with Crippen LogP contribution in [0.5, 0.6) is 0 Å². The number of carbonyl (C=O) groups excluding carboxylic acids is 1. The van der Waals surface area contributed by atoms with Gasteiger partial charge in [0.05, 0.1) is 12.1 Å². The summed E-state index contributed by atoms with van der Waals surface area (Å²) in [6.45, 7) is 1.83. The van der Waals surface area contributed by atoms with Crippen molar-refractivity contribution in [3.05, 3.63) is 43.0 Å². The van der Waals surface area contributed by atoms with Crippen molar-refractivity contribution in [2.45, 2.75) is 57.0 Å². The van der Waals surface area contributed by atoms with E-state index in [0.717, 1.165) is 6.42 Å². The van der Waals surface area contributed by atoms with Gasteiger partial charge in [0.2, 0.25) is 0 Å². The molecular weight excluding hydrogens is 386 g/mol. The highest BCUT2D eigenvalue weighted by Gasteiger charge is 2.37. The van der Waals surface area contributed by atoms with E-state index in [4.69, 9.17) is 31.5 Å². The molecule has 2 heterocycles. The molecule has 1 aromatic rings. The predicted molar refractivity (Wildman–Crippen MR) is 100 cm³/mol. The van der Waals surface area contributed by atoms with Crippen LogP contribution >= 0.6 is 0 Å². The highest BCUT2D eigenvalue weighted by atomic mass is 17.2. The van der Waals surface area contributed by atoms with Crippen molar-refractivity contribution in [3.63, 3.8) is 0 Å². The van der Waals surface area contributed by atoms with E-state index < -0.39 is 41.6 Å². The topological polar surface area (TPSA) is 200 Å². The van der Waals surface area contributed by atoms with Crippen LogP contribution in [-0.2, 0) is 19.3 Å². The van der Waals surface area contributed by atoms with Gasteiger partial charge in [0.1, 0.15) is 18.9 Å². The van der Waals surface area contributed by atoms with Gasteiger partial charge in [0.25, 0.3) is 5.56 Å². The molecule has 0 amide bonds. The number of hydrogen-bond acceptors (Lipinski definition) is 9. The predicted octanol–water partition coefficient (Wildman–Crippen LogP) is -0.257. The van der Waals surface area contributed by atoms with Crippen LogP contribution in [0, 0.1) is 6.92 Å². The smallest absolute Gasteiger partial charge is 0.352 e. The van der Waals surface area contributed by atoms with Crippen LogP contribution in [0.2, 0.25) is 0 Å². The zero-order chi connectivity index (χ0) is 21.4. The van der Waals surface area contributed by atoms with Gasteiger partial charge >= 0.3 is 11.7 Å². The van der Waals surface area contributed by atoms with Crippen LogP contribution < -0.4 is 22.7 Å². The van der Waals surface area contributed by atoms with Crippen LogP contribution in [0.25, 0.3) is 10.4 Å². The van der Waals surface area contributed by atoms with Gasteiger partial charge < -0.3 is 16.2 Å². The number of nitrogens with one attached hydrogen (secondary N) is 1. The minimum Gasteiger partial charge on any atom is -0.352 e. The standard InChI is InChI=1S/C16H25N7O6/c1-9-7-23(16(26)20-14(9)24)13-6-11(21-22-19)12(28-13)8-27-29-15(25)10(18)4-2-3-5-17/h7,10-13H,2-6,8,17-18H2,1H3,(H,20,24,26)/t10-,11-,12+,13+/m0/s1. The second-order valence-corrected chi connectivity index (χ2v) is 6.69. The molecule has 0 bridgehead atoms. The molecule has 0 saturated carbocycles. The Balaban J connectivity index is 1.95. The van der Waals surface area contributed by atoms with Gasteiger partial charge in [-0.1, -0.05) is 11.5 Å². The first-order valence-corrected chi connectivity index (χ1v) is 9.18. The third-order valence-corrected chi connectivity index (χ3v) is 4.51. The summed E-state index contributed by atoms with van der Waals surface area (Å²) in [7, 11) is 0. The minimum absolute atomic E-state index is 0.177. The average molecular weight is 411 g/mol. The summed E-state index contributed by atoms with van der Waals surface area (Å²) in [5, 5.41) is 3.64. The van der Waals surface area contributed by atoms with Crippen molar-refractivity contribution < 1.29 is 19.3 Å². The number of unbranched alkanes of at least 4 members (excludes halogenated alkanes) is 1. The highest BCUT2D eigenvalue weighted by molar-refractivity contribution is 5.74. The van der Waals surface area contributed by atoms with Gasteiger partial charge in [-0.05, 0) is 31.8 Å². The van der Waals surface area contributed by atoms with Gasteiger partial charge in [0.15, 0.2) is 0 Å². The van der Waals surface area contributed by atoms with Crippen molar-refractivity contribution in [2.24, 2.45) is 16.6 Å². The summed E-state index contributed by atoms with van der Waals surface area (Å²) in [6.07, 6.45) is 1.84.